The molecule has 27 heavy (non-hydrogen) atoms. The van der Waals surface area contributed by atoms with E-state index in [2.05, 4.69) is 4.90 Å². The van der Waals surface area contributed by atoms with Crippen LogP contribution < -0.4 is 4.90 Å². The van der Waals surface area contributed by atoms with Crippen molar-refractivity contribution in [3.8, 4) is 0 Å². The maximum absolute atomic E-state index is 12.7. The second kappa shape index (κ2) is 6.60. The summed E-state index contributed by atoms with van der Waals surface area (Å²) in [5.74, 6) is 2.03. The lowest BCUT2D eigenvalue weighted by atomic mass is 10.1. The van der Waals surface area contributed by atoms with Gasteiger partial charge in [-0.1, -0.05) is 18.2 Å². The van der Waals surface area contributed by atoms with Crippen LogP contribution in [0, 0.1) is 6.92 Å². The first-order valence-electron chi connectivity index (χ1n) is 9.59. The highest BCUT2D eigenvalue weighted by Gasteiger charge is 2.27. The highest BCUT2D eigenvalue weighted by Crippen LogP contribution is 2.40. The fourth-order valence-electron chi connectivity index (χ4n) is 4.19. The van der Waals surface area contributed by atoms with Crippen LogP contribution in [0.1, 0.15) is 33.0 Å². The van der Waals surface area contributed by atoms with Gasteiger partial charge < -0.3 is 9.80 Å². The highest BCUT2D eigenvalue weighted by molar-refractivity contribution is 7.19. The van der Waals surface area contributed by atoms with Gasteiger partial charge in [0, 0.05) is 36.6 Å². The zero-order valence-corrected chi connectivity index (χ0v) is 16.3. The van der Waals surface area contributed by atoms with E-state index in [9.17, 15) is 4.79 Å². The van der Waals surface area contributed by atoms with Crippen molar-refractivity contribution in [1.29, 1.82) is 0 Å². The van der Waals surface area contributed by atoms with E-state index >= 15 is 0 Å². The maximum atomic E-state index is 12.7. The molecule has 1 aliphatic carbocycles. The van der Waals surface area contributed by atoms with Gasteiger partial charge in [0.15, 0.2) is 0 Å². The molecule has 138 valence electrons. The van der Waals surface area contributed by atoms with Crippen LogP contribution in [0.4, 0.5) is 5.82 Å². The lowest BCUT2D eigenvalue weighted by Crippen LogP contribution is -2.49. The molecule has 0 N–H and O–H groups in total. The Hall–Kier alpha value is -2.47. The average molecular weight is 379 g/mol. The Morgan fingerprint density at radius 3 is 2.59 bits per heavy atom. The first kappa shape index (κ1) is 16.7. The molecule has 0 bridgehead atoms. The Balaban J connectivity index is 1.41. The minimum Gasteiger partial charge on any atom is -0.352 e. The third-order valence-electron chi connectivity index (χ3n) is 5.54. The molecule has 5 nitrogen and oxygen atoms in total. The second-order valence-corrected chi connectivity index (χ2v) is 8.36. The van der Waals surface area contributed by atoms with Crippen molar-refractivity contribution in [1.82, 2.24) is 14.9 Å². The fourth-order valence-corrected chi connectivity index (χ4v) is 5.50. The van der Waals surface area contributed by atoms with Crippen LogP contribution in [0.25, 0.3) is 10.2 Å². The van der Waals surface area contributed by atoms with Crippen LogP contribution in [0.3, 0.4) is 0 Å². The van der Waals surface area contributed by atoms with Crippen molar-refractivity contribution in [2.24, 2.45) is 0 Å². The van der Waals surface area contributed by atoms with E-state index in [1.165, 1.54) is 28.7 Å². The van der Waals surface area contributed by atoms with E-state index in [0.717, 1.165) is 54.6 Å². The van der Waals surface area contributed by atoms with E-state index in [1.807, 2.05) is 53.5 Å². The predicted molar refractivity (Wildman–Crippen MR) is 109 cm³/mol. The van der Waals surface area contributed by atoms with E-state index in [4.69, 9.17) is 9.97 Å². The predicted octanol–water partition coefficient (Wildman–Crippen LogP) is 3.45. The van der Waals surface area contributed by atoms with E-state index in [-0.39, 0.29) is 5.91 Å². The van der Waals surface area contributed by atoms with Crippen LogP contribution in [0.5, 0.6) is 0 Å². The summed E-state index contributed by atoms with van der Waals surface area (Å²) < 4.78 is 0. The molecule has 1 saturated heterocycles. The van der Waals surface area contributed by atoms with Gasteiger partial charge in [0.1, 0.15) is 16.5 Å². The zero-order valence-electron chi connectivity index (χ0n) is 15.4. The number of thiophene rings is 1. The monoisotopic (exact) mass is 378 g/mol. The molecular weight excluding hydrogens is 356 g/mol. The van der Waals surface area contributed by atoms with Gasteiger partial charge in [0.05, 0.1) is 5.39 Å². The lowest BCUT2D eigenvalue weighted by molar-refractivity contribution is 0.0746. The standard InChI is InChI=1S/C21H22N4OS/c1-14-22-19(18-16-8-5-9-17(16)27-20(18)23-14)24-10-12-25(13-11-24)21(26)15-6-3-2-4-7-15/h2-4,6-7H,5,8-13H2,1H3. The number of anilines is 1. The van der Waals surface area contributed by atoms with Crippen LogP contribution in [-0.2, 0) is 12.8 Å². The van der Waals surface area contributed by atoms with Crippen molar-refractivity contribution in [2.75, 3.05) is 31.1 Å². The van der Waals surface area contributed by atoms with E-state index in [0.29, 0.717) is 0 Å². The maximum Gasteiger partial charge on any atom is 0.253 e. The first-order valence-corrected chi connectivity index (χ1v) is 10.4. The van der Waals surface area contributed by atoms with Gasteiger partial charge in [-0.15, -0.1) is 11.3 Å². The molecule has 3 aromatic rings. The van der Waals surface area contributed by atoms with Crippen LogP contribution in [-0.4, -0.2) is 47.0 Å². The summed E-state index contributed by atoms with van der Waals surface area (Å²) in [5.41, 5.74) is 2.23. The van der Waals surface area contributed by atoms with Gasteiger partial charge in [-0.25, -0.2) is 9.97 Å². The molecule has 2 aromatic heterocycles. The van der Waals surface area contributed by atoms with Gasteiger partial charge in [-0.3, -0.25) is 4.79 Å². The summed E-state index contributed by atoms with van der Waals surface area (Å²) in [4.78, 5) is 29.1. The molecule has 0 unspecified atom stereocenters. The van der Waals surface area contributed by atoms with E-state index < -0.39 is 0 Å². The molecule has 0 radical (unpaired) electrons. The summed E-state index contributed by atoms with van der Waals surface area (Å²) in [6, 6.07) is 9.56. The number of nitrogens with zero attached hydrogens (tertiary/aromatic N) is 4. The van der Waals surface area contributed by atoms with Gasteiger partial charge in [0.25, 0.3) is 5.91 Å². The molecule has 0 atom stereocenters. The molecule has 1 aromatic carbocycles. The Labute approximate surface area is 162 Å². The molecule has 2 aliphatic rings. The minimum atomic E-state index is 0.121. The van der Waals surface area contributed by atoms with Crippen LogP contribution in [0.15, 0.2) is 30.3 Å². The number of amides is 1. The summed E-state index contributed by atoms with van der Waals surface area (Å²) in [5, 5.41) is 1.26. The first-order chi connectivity index (χ1) is 13.2. The molecule has 5 rings (SSSR count). The number of rotatable bonds is 2. The topological polar surface area (TPSA) is 49.3 Å². The second-order valence-electron chi connectivity index (χ2n) is 7.28. The largest absolute Gasteiger partial charge is 0.352 e. The normalized spacial score (nSPS) is 16.8. The van der Waals surface area contributed by atoms with E-state index in [1.54, 1.807) is 0 Å². The van der Waals surface area contributed by atoms with Crippen LogP contribution >= 0.6 is 11.3 Å². The molecule has 6 heteroatoms. The summed E-state index contributed by atoms with van der Waals surface area (Å²) in [7, 11) is 0. The quantitative estimate of drug-likeness (QED) is 0.685. The number of hydrogen-bond donors (Lipinski definition) is 0. The number of carbonyl (C=O) groups excluding carboxylic acids is 1. The molecule has 0 spiro atoms. The molecule has 1 amide bonds. The minimum absolute atomic E-state index is 0.121. The Kier molecular flexibility index (Phi) is 4.08. The van der Waals surface area contributed by atoms with Crippen LogP contribution in [0.2, 0.25) is 0 Å². The average Bonchev–Trinajstić information content (AvgIpc) is 3.28. The fraction of sp³-hybridized carbons (Fsp3) is 0.381. The van der Waals surface area contributed by atoms with Crippen molar-refractivity contribution < 1.29 is 4.79 Å². The molecule has 0 saturated carbocycles. The number of aryl methyl sites for hydroxylation is 3. The van der Waals surface area contributed by atoms with Crippen molar-refractivity contribution >= 4 is 33.3 Å². The third kappa shape index (κ3) is 2.88. The van der Waals surface area contributed by atoms with Gasteiger partial charge >= 0.3 is 0 Å². The van der Waals surface area contributed by atoms with Gasteiger partial charge in [-0.05, 0) is 43.9 Å². The van der Waals surface area contributed by atoms with Gasteiger partial charge in [0.2, 0.25) is 0 Å². The molecule has 1 aliphatic heterocycles. The third-order valence-corrected chi connectivity index (χ3v) is 6.73. The smallest absolute Gasteiger partial charge is 0.253 e. The molecule has 3 heterocycles. The number of benzene rings is 1. The highest BCUT2D eigenvalue weighted by atomic mass is 32.1. The Morgan fingerprint density at radius 2 is 1.81 bits per heavy atom. The Morgan fingerprint density at radius 1 is 1.04 bits per heavy atom. The SMILES string of the molecule is Cc1nc(N2CCN(C(=O)c3ccccc3)CC2)c2c3c(sc2n1)CCC3. The zero-order chi connectivity index (χ0) is 18.4. The lowest BCUT2D eigenvalue weighted by Gasteiger charge is -2.36. The summed E-state index contributed by atoms with van der Waals surface area (Å²) in [6.07, 6.45) is 3.55. The molecular formula is C21H22N4OS. The summed E-state index contributed by atoms with van der Waals surface area (Å²) in [6.45, 7) is 5.06. The van der Waals surface area contributed by atoms with Crippen molar-refractivity contribution in [3.05, 3.63) is 52.2 Å². The number of carbonyl (C=O) groups is 1. The van der Waals surface area contributed by atoms with Gasteiger partial charge in [-0.2, -0.15) is 0 Å². The number of aromatic nitrogens is 2. The summed E-state index contributed by atoms with van der Waals surface area (Å²) >= 11 is 1.84. The van der Waals surface area contributed by atoms with Crippen molar-refractivity contribution in [3.63, 3.8) is 0 Å². The number of fused-ring (bicyclic) bond motifs is 3. The number of piperazine rings is 1. The number of hydrogen-bond acceptors (Lipinski definition) is 5. The van der Waals surface area contributed by atoms with Crippen molar-refractivity contribution in [2.45, 2.75) is 26.2 Å². The Bertz CT molecular complexity index is 1010. The molecule has 1 fully saturated rings.